The number of nitrogens with two attached hydrogens (primary N) is 1. The number of phenolic OH excluding ortho intramolecular Hbond substituents is 1. The number of aromatic nitrogens is 4. The lowest BCUT2D eigenvalue weighted by molar-refractivity contribution is -0.0161. The third kappa shape index (κ3) is 4.04. The molecule has 0 unspecified atom stereocenters. The molecule has 32 heavy (non-hydrogen) atoms. The van der Waals surface area contributed by atoms with E-state index < -0.39 is 53.1 Å². The predicted octanol–water partition coefficient (Wildman–Crippen LogP) is -0.0479. The fourth-order valence-corrected chi connectivity index (χ4v) is 4.01. The third-order valence-electron chi connectivity index (χ3n) is 4.76. The highest BCUT2D eigenvalue weighted by Crippen LogP contribution is 2.35. The predicted molar refractivity (Wildman–Crippen MR) is 106 cm³/mol. The summed E-state index contributed by atoms with van der Waals surface area (Å²) in [6, 6.07) is 5.29. The number of nitrogens with one attached hydrogen (secondary N) is 2. The second kappa shape index (κ2) is 8.25. The Balaban J connectivity index is 1.44. The topological polar surface area (TPSA) is 174 Å². The Labute approximate surface area is 179 Å². The van der Waals surface area contributed by atoms with Gasteiger partial charge in [-0.1, -0.05) is 12.1 Å². The molecule has 0 radical (unpaired) electrons. The Hall–Kier alpha value is -3.43. The maximum atomic E-state index is 14.6. The summed E-state index contributed by atoms with van der Waals surface area (Å²) in [5.74, 6) is -1.49. The zero-order valence-corrected chi connectivity index (χ0v) is 16.9. The third-order valence-corrected chi connectivity index (χ3v) is 5.76. The van der Waals surface area contributed by atoms with Gasteiger partial charge in [0.1, 0.15) is 23.7 Å². The minimum Gasteiger partial charge on any atom is -0.507 e. The number of alkyl halides is 2. The van der Waals surface area contributed by atoms with Crippen LogP contribution >= 0.6 is 0 Å². The number of ether oxygens (including phenoxy) is 1. The molecule has 1 aromatic carbocycles. The molecule has 2 aromatic heterocycles. The molecule has 3 aromatic rings. The Bertz CT molecular complexity index is 1270. The number of amides is 1. The van der Waals surface area contributed by atoms with Crippen molar-refractivity contribution in [1.29, 1.82) is 0 Å². The summed E-state index contributed by atoms with van der Waals surface area (Å²) in [5, 5.41) is 9.64. The number of carbonyl (C=O) groups excluding carboxylic acids is 1. The molecule has 12 nitrogen and oxygen atoms in total. The molecule has 0 bridgehead atoms. The van der Waals surface area contributed by atoms with Crippen molar-refractivity contribution in [3.8, 4) is 5.75 Å². The minimum atomic E-state index is -4.47. The second-order valence-electron chi connectivity index (χ2n) is 6.84. The largest absolute Gasteiger partial charge is 0.507 e. The number of nitrogen functional groups attached to an aromatic ring is 1. The highest BCUT2D eigenvalue weighted by Gasteiger charge is 2.47. The molecule has 1 aliphatic rings. The molecule has 3 heterocycles. The van der Waals surface area contributed by atoms with Crippen LogP contribution in [0.2, 0.25) is 0 Å². The van der Waals surface area contributed by atoms with Crippen molar-refractivity contribution in [1.82, 2.24) is 29.0 Å². The lowest BCUT2D eigenvalue weighted by atomic mass is 10.2. The monoisotopic (exact) mass is 469 g/mol. The molecule has 4 atom stereocenters. The molecule has 15 heteroatoms. The van der Waals surface area contributed by atoms with Gasteiger partial charge >= 0.3 is 10.2 Å². The highest BCUT2D eigenvalue weighted by atomic mass is 32.2. The number of rotatable bonds is 6. The lowest BCUT2D eigenvalue weighted by Gasteiger charge is -2.16. The molecule has 0 saturated carbocycles. The molecule has 1 aliphatic heterocycles. The number of nitrogens with zero attached hydrogens (tertiary/aromatic N) is 4. The van der Waals surface area contributed by atoms with Crippen LogP contribution in [0, 0.1) is 0 Å². The van der Waals surface area contributed by atoms with Crippen molar-refractivity contribution >= 4 is 33.1 Å². The normalized spacial score (nSPS) is 23.4. The van der Waals surface area contributed by atoms with Crippen molar-refractivity contribution in [3.63, 3.8) is 0 Å². The Morgan fingerprint density at radius 1 is 1.22 bits per heavy atom. The van der Waals surface area contributed by atoms with Crippen LogP contribution in [-0.4, -0.2) is 63.9 Å². The first-order chi connectivity index (χ1) is 15.2. The number of imidazole rings is 1. The summed E-state index contributed by atoms with van der Waals surface area (Å²) in [5.41, 5.74) is 5.69. The number of fused-ring (bicyclic) bond motifs is 1. The number of aromatic hydroxyl groups is 1. The first kappa shape index (κ1) is 21.8. The van der Waals surface area contributed by atoms with Gasteiger partial charge in [0.25, 0.3) is 5.91 Å². The van der Waals surface area contributed by atoms with Gasteiger partial charge in [0, 0.05) is 6.54 Å². The molecular weight excluding hydrogens is 452 g/mol. The number of carbonyl (C=O) groups is 1. The van der Waals surface area contributed by atoms with Crippen LogP contribution in [0.5, 0.6) is 5.75 Å². The van der Waals surface area contributed by atoms with Gasteiger partial charge in [0.15, 0.2) is 30.0 Å². The van der Waals surface area contributed by atoms with E-state index >= 15 is 0 Å². The first-order valence-electron chi connectivity index (χ1n) is 9.14. The van der Waals surface area contributed by atoms with Gasteiger partial charge in [0.05, 0.1) is 11.9 Å². The van der Waals surface area contributed by atoms with Gasteiger partial charge in [-0.25, -0.2) is 28.5 Å². The van der Waals surface area contributed by atoms with Crippen LogP contribution < -0.4 is 15.2 Å². The summed E-state index contributed by atoms with van der Waals surface area (Å²) in [6.45, 7) is -0.675. The number of anilines is 1. The van der Waals surface area contributed by atoms with Crippen LogP contribution in [0.4, 0.5) is 14.6 Å². The number of phenols is 1. The maximum Gasteiger partial charge on any atom is 0.301 e. The van der Waals surface area contributed by atoms with Gasteiger partial charge in [-0.3, -0.25) is 9.36 Å². The maximum absolute atomic E-state index is 14.6. The molecule has 0 aliphatic carbocycles. The van der Waals surface area contributed by atoms with E-state index in [0.29, 0.717) is 0 Å². The van der Waals surface area contributed by atoms with E-state index in [1.165, 1.54) is 30.6 Å². The molecule has 0 spiro atoms. The minimum absolute atomic E-state index is 0.0449. The first-order valence-corrected chi connectivity index (χ1v) is 10.6. The van der Waals surface area contributed by atoms with Gasteiger partial charge in [-0.2, -0.15) is 13.1 Å². The van der Waals surface area contributed by atoms with Gasteiger partial charge < -0.3 is 15.6 Å². The van der Waals surface area contributed by atoms with Crippen LogP contribution in [0.1, 0.15) is 16.6 Å². The standard InChI is InChI=1S/C17H17F2N7O5S/c18-11-10(5-24-32(29,30)25-16(28)8-3-1-2-4-9(8)27)31-17(12(11)19)26-7-23-13-14(20)21-6-22-15(13)26/h1-4,6-7,10-12,17,24,27H,5H2,(H,25,28)(H2,20,21,22)/t10-,11-,12-,17-/m1/s1. The summed E-state index contributed by atoms with van der Waals surface area (Å²) < 4.78 is 63.6. The SMILES string of the molecule is Nc1ncnc2c1ncn2[C@@H]1O[C@H](CNS(=O)(=O)NC(=O)c2ccccc2O)[C@@H](F)[C@H]1F. The van der Waals surface area contributed by atoms with E-state index in [0.717, 1.165) is 10.9 Å². The van der Waals surface area contributed by atoms with Crippen molar-refractivity contribution in [2.24, 2.45) is 0 Å². The van der Waals surface area contributed by atoms with Gasteiger partial charge in [-0.05, 0) is 12.1 Å². The van der Waals surface area contributed by atoms with Crippen LogP contribution in [0.3, 0.4) is 0 Å². The van der Waals surface area contributed by atoms with E-state index in [9.17, 15) is 27.1 Å². The Kier molecular flexibility index (Phi) is 5.62. The zero-order chi connectivity index (χ0) is 23.0. The van der Waals surface area contributed by atoms with Crippen molar-refractivity contribution in [2.75, 3.05) is 12.3 Å². The quantitative estimate of drug-likeness (QED) is 0.386. The zero-order valence-electron chi connectivity index (χ0n) is 16.1. The van der Waals surface area contributed by atoms with Crippen molar-refractivity contribution in [2.45, 2.75) is 24.7 Å². The van der Waals surface area contributed by atoms with E-state index in [4.69, 9.17) is 10.5 Å². The number of benzene rings is 1. The molecule has 1 amide bonds. The fraction of sp³-hybridized carbons (Fsp3) is 0.294. The smallest absolute Gasteiger partial charge is 0.301 e. The van der Waals surface area contributed by atoms with E-state index in [-0.39, 0.29) is 22.5 Å². The number of para-hydroxylation sites is 1. The Morgan fingerprint density at radius 2 is 1.97 bits per heavy atom. The second-order valence-corrected chi connectivity index (χ2v) is 8.34. The lowest BCUT2D eigenvalue weighted by Crippen LogP contribution is -2.44. The summed E-state index contributed by atoms with van der Waals surface area (Å²) in [6.07, 6.45) is -5.04. The van der Waals surface area contributed by atoms with Crippen molar-refractivity contribution < 1.29 is 31.8 Å². The molecule has 5 N–H and O–H groups in total. The number of halogens is 2. The van der Waals surface area contributed by atoms with Gasteiger partial charge in [-0.15, -0.1) is 0 Å². The van der Waals surface area contributed by atoms with Crippen LogP contribution in [-0.2, 0) is 14.9 Å². The van der Waals surface area contributed by atoms with Crippen LogP contribution in [0.15, 0.2) is 36.9 Å². The molecular formula is C17H17F2N7O5S. The van der Waals surface area contributed by atoms with E-state index in [1.54, 1.807) is 4.72 Å². The molecule has 1 fully saturated rings. The number of hydrogen-bond donors (Lipinski definition) is 4. The molecule has 170 valence electrons. The average Bonchev–Trinajstić information content (AvgIpc) is 3.29. The Morgan fingerprint density at radius 3 is 2.72 bits per heavy atom. The summed E-state index contributed by atoms with van der Waals surface area (Å²) >= 11 is 0. The molecule has 4 rings (SSSR count). The summed E-state index contributed by atoms with van der Waals surface area (Å²) in [4.78, 5) is 23.7. The fourth-order valence-electron chi connectivity index (χ4n) is 3.20. The number of hydrogen-bond acceptors (Lipinski definition) is 9. The van der Waals surface area contributed by atoms with E-state index in [1.807, 2.05) is 4.72 Å². The van der Waals surface area contributed by atoms with E-state index in [2.05, 4.69) is 15.0 Å². The van der Waals surface area contributed by atoms with Gasteiger partial charge in [0.2, 0.25) is 0 Å². The highest BCUT2D eigenvalue weighted by molar-refractivity contribution is 7.88. The van der Waals surface area contributed by atoms with Crippen molar-refractivity contribution in [3.05, 3.63) is 42.5 Å². The van der Waals surface area contributed by atoms with Crippen LogP contribution in [0.25, 0.3) is 11.2 Å². The molecule has 1 saturated heterocycles. The summed E-state index contributed by atoms with van der Waals surface area (Å²) in [7, 11) is -4.47. The average molecular weight is 469 g/mol.